The second-order valence-corrected chi connectivity index (χ2v) is 5.33. The number of Topliss-reactive ketones (excluding diaryl/α,β-unsaturated/α-hetero) is 1. The van der Waals surface area contributed by atoms with Crippen molar-refractivity contribution in [3.8, 4) is 5.75 Å². The monoisotopic (exact) mass is 288 g/mol. The average Bonchev–Trinajstić information content (AvgIpc) is 2.45. The largest absolute Gasteiger partial charge is 0.485 e. The molecule has 3 heteroatoms. The van der Waals surface area contributed by atoms with Crippen molar-refractivity contribution in [1.29, 1.82) is 0 Å². The van der Waals surface area contributed by atoms with E-state index in [1.807, 2.05) is 24.3 Å². The predicted octanol–water partition coefficient (Wildman–Crippen LogP) is 4.73. The molecule has 0 atom stereocenters. The molecule has 0 aromatic heterocycles. The number of ketones is 1. The molecule has 0 N–H and O–H groups in total. The zero-order valence-electron chi connectivity index (χ0n) is 11.6. The fraction of sp³-hybridized carbons (Fsp3) is 0.235. The van der Waals surface area contributed by atoms with Crippen LogP contribution in [0.3, 0.4) is 0 Å². The number of hydrogen-bond acceptors (Lipinski definition) is 2. The lowest BCUT2D eigenvalue weighted by Crippen LogP contribution is -2.12. The van der Waals surface area contributed by atoms with Crippen molar-refractivity contribution in [2.75, 3.05) is 6.61 Å². The van der Waals surface area contributed by atoms with Crippen LogP contribution in [0.2, 0.25) is 5.02 Å². The molecule has 104 valence electrons. The second kappa shape index (κ2) is 6.58. The highest BCUT2D eigenvalue weighted by molar-refractivity contribution is 6.34. The Balaban J connectivity index is 2.04. The van der Waals surface area contributed by atoms with Gasteiger partial charge >= 0.3 is 0 Å². The molecule has 20 heavy (non-hydrogen) atoms. The summed E-state index contributed by atoms with van der Waals surface area (Å²) >= 11 is 5.99. The molecule has 0 bridgehead atoms. The molecule has 0 unspecified atom stereocenters. The van der Waals surface area contributed by atoms with E-state index in [0.29, 0.717) is 22.3 Å². The van der Waals surface area contributed by atoms with Gasteiger partial charge in [-0.05, 0) is 35.7 Å². The summed E-state index contributed by atoms with van der Waals surface area (Å²) in [6.45, 7) is 4.23. The lowest BCUT2D eigenvalue weighted by Gasteiger charge is -2.10. The van der Waals surface area contributed by atoms with E-state index in [2.05, 4.69) is 13.8 Å². The van der Waals surface area contributed by atoms with Gasteiger partial charge in [0.25, 0.3) is 0 Å². The van der Waals surface area contributed by atoms with Gasteiger partial charge in [0.2, 0.25) is 5.78 Å². The van der Waals surface area contributed by atoms with Gasteiger partial charge in [-0.1, -0.05) is 49.7 Å². The van der Waals surface area contributed by atoms with Gasteiger partial charge in [0, 0.05) is 5.56 Å². The molecule has 2 nitrogen and oxygen atoms in total. The van der Waals surface area contributed by atoms with Gasteiger partial charge in [-0.15, -0.1) is 0 Å². The van der Waals surface area contributed by atoms with E-state index >= 15 is 0 Å². The van der Waals surface area contributed by atoms with Gasteiger partial charge in [0.15, 0.2) is 6.61 Å². The van der Waals surface area contributed by atoms with Crippen LogP contribution in [0, 0.1) is 0 Å². The lowest BCUT2D eigenvalue weighted by molar-refractivity contribution is 0.0921. The minimum absolute atomic E-state index is 0.00865. The molecule has 2 rings (SSSR count). The molecule has 2 aromatic rings. The van der Waals surface area contributed by atoms with E-state index in [4.69, 9.17) is 16.3 Å². The molecule has 0 radical (unpaired) electrons. The number of rotatable bonds is 5. The quantitative estimate of drug-likeness (QED) is 0.744. The molecule has 0 fully saturated rings. The Bertz CT molecular complexity index is 605. The fourth-order valence-electron chi connectivity index (χ4n) is 1.88. The van der Waals surface area contributed by atoms with Crippen molar-refractivity contribution >= 4 is 17.4 Å². The summed E-state index contributed by atoms with van der Waals surface area (Å²) in [5.74, 6) is 1.01. The smallest absolute Gasteiger partial charge is 0.201 e. The van der Waals surface area contributed by atoms with E-state index in [9.17, 15) is 4.79 Å². The van der Waals surface area contributed by atoms with E-state index in [1.165, 1.54) is 5.56 Å². The number of ether oxygens (including phenoxy) is 1. The Labute approximate surface area is 124 Å². The maximum absolute atomic E-state index is 12.0. The summed E-state index contributed by atoms with van der Waals surface area (Å²) in [7, 11) is 0. The highest BCUT2D eigenvalue weighted by Gasteiger charge is 2.10. The van der Waals surface area contributed by atoms with Crippen LogP contribution in [-0.4, -0.2) is 12.4 Å². The van der Waals surface area contributed by atoms with Gasteiger partial charge in [0.05, 0.1) is 5.02 Å². The molecule has 0 aliphatic heterocycles. The van der Waals surface area contributed by atoms with E-state index in [0.717, 1.165) is 0 Å². The molecule has 2 aromatic carbocycles. The van der Waals surface area contributed by atoms with Crippen LogP contribution in [0.1, 0.15) is 35.7 Å². The van der Waals surface area contributed by atoms with Crippen molar-refractivity contribution in [2.24, 2.45) is 0 Å². The summed E-state index contributed by atoms with van der Waals surface area (Å²) in [5.41, 5.74) is 1.68. The molecule has 0 saturated carbocycles. The first kappa shape index (κ1) is 14.6. The molecule has 0 heterocycles. The third-order valence-electron chi connectivity index (χ3n) is 3.07. The first-order valence-corrected chi connectivity index (χ1v) is 6.96. The van der Waals surface area contributed by atoms with Crippen LogP contribution in [0.15, 0.2) is 48.5 Å². The molecular formula is C17H17ClO2. The number of hydrogen-bond donors (Lipinski definition) is 0. The Morgan fingerprint density at radius 3 is 2.60 bits per heavy atom. The third kappa shape index (κ3) is 3.61. The van der Waals surface area contributed by atoms with Crippen LogP contribution in [0.25, 0.3) is 0 Å². The Morgan fingerprint density at radius 1 is 1.15 bits per heavy atom. The molecule has 0 amide bonds. The van der Waals surface area contributed by atoms with Crippen LogP contribution in [0.4, 0.5) is 0 Å². The number of benzene rings is 2. The van der Waals surface area contributed by atoms with Crippen LogP contribution >= 0.6 is 11.6 Å². The summed E-state index contributed by atoms with van der Waals surface area (Å²) in [5, 5.41) is 0.456. The van der Waals surface area contributed by atoms with E-state index < -0.39 is 0 Å². The van der Waals surface area contributed by atoms with Crippen molar-refractivity contribution in [3.05, 3.63) is 64.7 Å². The Morgan fingerprint density at radius 2 is 1.90 bits per heavy atom. The highest BCUT2D eigenvalue weighted by Crippen LogP contribution is 2.21. The minimum atomic E-state index is -0.120. The molecule has 0 aliphatic carbocycles. The normalized spacial score (nSPS) is 10.6. The lowest BCUT2D eigenvalue weighted by atomic mass is 10.0. The van der Waals surface area contributed by atoms with Crippen molar-refractivity contribution in [2.45, 2.75) is 19.8 Å². The maximum Gasteiger partial charge on any atom is 0.201 e. The number of carbonyl (C=O) groups is 1. The topological polar surface area (TPSA) is 26.3 Å². The van der Waals surface area contributed by atoms with Gasteiger partial charge in [-0.2, -0.15) is 0 Å². The fourth-order valence-corrected chi connectivity index (χ4v) is 2.12. The summed E-state index contributed by atoms with van der Waals surface area (Å²) in [6.07, 6.45) is 0. The Hall–Kier alpha value is -1.80. The summed E-state index contributed by atoms with van der Waals surface area (Å²) in [6, 6.07) is 14.8. The van der Waals surface area contributed by atoms with Gasteiger partial charge in [-0.25, -0.2) is 0 Å². The van der Waals surface area contributed by atoms with Crippen molar-refractivity contribution < 1.29 is 9.53 Å². The third-order valence-corrected chi connectivity index (χ3v) is 3.40. The molecule has 0 saturated heterocycles. The SMILES string of the molecule is CC(C)c1cccc(OCC(=O)c2ccccc2Cl)c1. The molecule has 0 aliphatic rings. The predicted molar refractivity (Wildman–Crippen MR) is 81.8 cm³/mol. The summed E-state index contributed by atoms with van der Waals surface area (Å²) in [4.78, 5) is 12.0. The second-order valence-electron chi connectivity index (χ2n) is 4.92. The standard InChI is InChI=1S/C17H17ClO2/c1-12(2)13-6-5-7-14(10-13)20-11-17(19)15-8-3-4-9-16(15)18/h3-10,12H,11H2,1-2H3. The van der Waals surface area contributed by atoms with Gasteiger partial charge < -0.3 is 4.74 Å². The first-order valence-electron chi connectivity index (χ1n) is 6.58. The van der Waals surface area contributed by atoms with Gasteiger partial charge in [0.1, 0.15) is 5.75 Å². The van der Waals surface area contributed by atoms with Crippen molar-refractivity contribution in [1.82, 2.24) is 0 Å². The zero-order chi connectivity index (χ0) is 14.5. The molecule has 0 spiro atoms. The maximum atomic E-state index is 12.0. The number of halogens is 1. The van der Waals surface area contributed by atoms with E-state index in [-0.39, 0.29) is 12.4 Å². The molecular weight excluding hydrogens is 272 g/mol. The highest BCUT2D eigenvalue weighted by atomic mass is 35.5. The first-order chi connectivity index (χ1) is 9.58. The van der Waals surface area contributed by atoms with Crippen LogP contribution in [0.5, 0.6) is 5.75 Å². The van der Waals surface area contributed by atoms with Crippen LogP contribution in [-0.2, 0) is 0 Å². The number of carbonyl (C=O) groups excluding carboxylic acids is 1. The van der Waals surface area contributed by atoms with Crippen molar-refractivity contribution in [3.63, 3.8) is 0 Å². The van der Waals surface area contributed by atoms with Gasteiger partial charge in [-0.3, -0.25) is 4.79 Å². The Kier molecular flexibility index (Phi) is 4.80. The van der Waals surface area contributed by atoms with Crippen LogP contribution < -0.4 is 4.74 Å². The minimum Gasteiger partial charge on any atom is -0.485 e. The van der Waals surface area contributed by atoms with E-state index in [1.54, 1.807) is 24.3 Å². The summed E-state index contributed by atoms with van der Waals surface area (Å²) < 4.78 is 5.56. The zero-order valence-corrected chi connectivity index (χ0v) is 12.4. The average molecular weight is 289 g/mol.